The normalized spacial score (nSPS) is 20.4. The molecule has 3 aliphatic carbocycles. The Balaban J connectivity index is 0.700. The maximum absolute atomic E-state index is 14.9. The van der Waals surface area contributed by atoms with E-state index in [2.05, 4.69) is 5.32 Å². The zero-order valence-electron chi connectivity index (χ0n) is 46.3. The summed E-state index contributed by atoms with van der Waals surface area (Å²) in [5.41, 5.74) is 1.70. The predicted octanol–water partition coefficient (Wildman–Crippen LogP) is 9.17. The quantitative estimate of drug-likeness (QED) is 0.0147. The topological polar surface area (TPSA) is 270 Å². The molecule has 5 aromatic rings. The van der Waals surface area contributed by atoms with Crippen LogP contribution in [0.15, 0.2) is 102 Å². The average molecular weight is 1260 g/mol. The van der Waals surface area contributed by atoms with Crippen molar-refractivity contribution in [1.29, 1.82) is 0 Å². The first-order valence-corrected chi connectivity index (χ1v) is 32.4. The minimum atomic E-state index is -4.97. The van der Waals surface area contributed by atoms with Crippen LogP contribution in [0.5, 0.6) is 11.5 Å². The minimum absolute atomic E-state index is 0.0445. The number of alkyl halides is 2. The molecular formula is C59H61Cl2N6O15PS2. The molecule has 7 amide bonds. The van der Waals surface area contributed by atoms with Crippen LogP contribution in [-0.4, -0.2) is 148 Å². The largest absolute Gasteiger partial charge is 0.524 e. The fourth-order valence-corrected chi connectivity index (χ4v) is 15.2. The molecule has 1 unspecified atom stereocenters. The molecule has 3 atom stereocenters. The van der Waals surface area contributed by atoms with E-state index >= 15 is 0 Å². The number of anilines is 2. The zero-order chi connectivity index (χ0) is 60.5. The van der Waals surface area contributed by atoms with E-state index in [1.807, 2.05) is 30.3 Å². The van der Waals surface area contributed by atoms with Crippen LogP contribution in [0.4, 0.5) is 21.0 Å². The highest BCUT2D eigenvalue weighted by atomic mass is 35.5. The number of phosphoric acid groups is 1. The number of imide groups is 1. The van der Waals surface area contributed by atoms with Gasteiger partial charge in [-0.1, -0.05) is 88.7 Å². The van der Waals surface area contributed by atoms with Crippen LogP contribution >= 0.6 is 52.6 Å². The summed E-state index contributed by atoms with van der Waals surface area (Å²) in [6.45, 7) is 0.913. The summed E-state index contributed by atoms with van der Waals surface area (Å²) in [6, 6.07) is 23.7. The molecular weight excluding hydrogens is 1200 g/mol. The van der Waals surface area contributed by atoms with E-state index in [-0.39, 0.29) is 110 Å². The molecule has 448 valence electrons. The van der Waals surface area contributed by atoms with Crippen molar-refractivity contribution in [2.45, 2.75) is 74.3 Å². The summed E-state index contributed by atoms with van der Waals surface area (Å²) in [6.07, 6.45) is 3.68. The standard InChI is InChI=1S/C59H61Cl2N6O15PS2/c1-63(56(75)80-30-35-15-17-38(18-16-35)85-84-31-43(53(71)72)62-48(68)14-4-3-9-21-65-49(69)19-20-50(65)70)22-23-64(2)57(76)81-46-24-44-51(41-12-7-5-10-39(41)46)36(26-60)28-66(44)54(73)58-32-59(33-58,34-58)55(74)67-29-37(27-61)52-42-13-8-6-11-40(42)47(25-45(52)67)82-83(77,78)79/h5-8,10-13,15-20,24-25,36-37,43H,3-4,9,14,21-23,26-34H2,1-2H3,(H,62,68)(H,71,72)(H2,77,78,79)/t36?,37-,43+,58?,59?/m1/s1. The number of ether oxygens (including phenoxy) is 2. The lowest BCUT2D eigenvalue weighted by Gasteiger charge is -2.69. The van der Waals surface area contributed by atoms with Crippen LogP contribution in [0.25, 0.3) is 21.5 Å². The molecule has 11 rings (SSSR count). The number of hydrogen-bond donors (Lipinski definition) is 4. The van der Waals surface area contributed by atoms with Gasteiger partial charge in [0.25, 0.3) is 11.8 Å². The second kappa shape index (κ2) is 25.2. The number of amides is 7. The number of fused-ring (bicyclic) bond motifs is 6. The molecule has 5 aromatic carbocycles. The molecule has 3 saturated carbocycles. The number of nitrogens with zero attached hydrogens (tertiary/aromatic N) is 5. The van der Waals surface area contributed by atoms with Crippen molar-refractivity contribution in [3.05, 3.63) is 114 Å². The highest BCUT2D eigenvalue weighted by molar-refractivity contribution is 8.76. The molecule has 3 fully saturated rings. The number of aliphatic carboxylic acids is 1. The lowest BCUT2D eigenvalue weighted by molar-refractivity contribution is -0.205. The van der Waals surface area contributed by atoms with Crippen LogP contribution in [0, 0.1) is 10.8 Å². The third kappa shape index (κ3) is 12.7. The molecule has 2 bridgehead atoms. The molecule has 85 heavy (non-hydrogen) atoms. The number of benzene rings is 5. The Bertz CT molecular complexity index is 3570. The number of nitrogens with one attached hydrogen (secondary N) is 1. The predicted molar refractivity (Wildman–Crippen MR) is 321 cm³/mol. The van der Waals surface area contributed by atoms with E-state index in [1.165, 1.54) is 63.7 Å². The zero-order valence-corrected chi connectivity index (χ0v) is 50.3. The summed E-state index contributed by atoms with van der Waals surface area (Å²) in [5.74, 6) is -2.49. The second-order valence-corrected chi connectivity index (χ2v) is 26.3. The fraction of sp³-hybridized carbons (Fsp3) is 0.390. The average Bonchev–Trinajstić information content (AvgIpc) is 1.40. The second-order valence-electron chi connectivity index (χ2n) is 22.1. The van der Waals surface area contributed by atoms with Crippen LogP contribution in [0.1, 0.15) is 73.5 Å². The van der Waals surface area contributed by atoms with Crippen LogP contribution in [0.2, 0.25) is 0 Å². The molecule has 0 spiro atoms. The van der Waals surface area contributed by atoms with Gasteiger partial charge in [-0.3, -0.25) is 38.7 Å². The van der Waals surface area contributed by atoms with Crippen LogP contribution in [0.3, 0.4) is 0 Å². The Kier molecular flexibility index (Phi) is 18.2. The van der Waals surface area contributed by atoms with Gasteiger partial charge in [0.15, 0.2) is 0 Å². The third-order valence-electron chi connectivity index (χ3n) is 16.4. The number of likely N-dealkylation sites (N-methyl/N-ethyl adjacent to an activating group) is 2. The van der Waals surface area contributed by atoms with Gasteiger partial charge in [-0.05, 0) is 71.7 Å². The maximum atomic E-state index is 14.9. The van der Waals surface area contributed by atoms with Crippen molar-refractivity contribution in [2.24, 2.45) is 10.8 Å². The third-order valence-corrected chi connectivity index (χ3v) is 19.9. The highest BCUT2D eigenvalue weighted by Gasteiger charge is 2.76. The molecule has 0 saturated heterocycles. The first-order chi connectivity index (χ1) is 40.6. The Morgan fingerprint density at radius 1 is 0.729 bits per heavy atom. The van der Waals surface area contributed by atoms with Crippen molar-refractivity contribution in [3.63, 3.8) is 0 Å². The van der Waals surface area contributed by atoms with Crippen LogP contribution < -0.4 is 24.4 Å². The first-order valence-electron chi connectivity index (χ1n) is 27.5. The number of carbonyl (C=O) groups is 8. The summed E-state index contributed by atoms with van der Waals surface area (Å²) < 4.78 is 28.8. The monoisotopic (exact) mass is 1260 g/mol. The molecule has 3 heterocycles. The van der Waals surface area contributed by atoms with E-state index in [1.54, 1.807) is 58.3 Å². The number of carboxylic acids is 1. The lowest BCUT2D eigenvalue weighted by atomic mass is 9.34. The molecule has 0 radical (unpaired) electrons. The van der Waals surface area contributed by atoms with E-state index in [9.17, 15) is 57.8 Å². The van der Waals surface area contributed by atoms with Crippen molar-refractivity contribution >= 4 is 133 Å². The number of halogens is 2. The molecule has 0 aromatic heterocycles. The molecule has 26 heteroatoms. The Labute approximate surface area is 506 Å². The summed E-state index contributed by atoms with van der Waals surface area (Å²) in [5, 5.41) is 14.8. The Morgan fingerprint density at radius 2 is 1.25 bits per heavy atom. The maximum Gasteiger partial charge on any atom is 0.524 e. The van der Waals surface area contributed by atoms with Gasteiger partial charge < -0.3 is 44.0 Å². The number of carboxylic acid groups (broad SMARTS) is 1. The van der Waals surface area contributed by atoms with E-state index in [0.717, 1.165) is 26.3 Å². The SMILES string of the molecule is CN(CCN(C)C(=O)Oc1cc2c(c3ccccc13)C(CCl)CN2C(=O)C12CC(C(=O)N3C[C@@H](CCl)c4c3cc(OP(=O)(O)O)c3ccccc43)(C1)C2)C(=O)OCc1ccc(SSC[C@H](NC(=O)CCCCCN2C(=O)C=CC2=O)C(=O)O)cc1. The van der Waals surface area contributed by atoms with Gasteiger partial charge in [0, 0.05) is 123 Å². The number of phosphoric ester groups is 1. The number of hydrogen-bond acceptors (Lipinski definition) is 14. The molecule has 6 aliphatic rings. The van der Waals surface area contributed by atoms with Crippen LogP contribution in [-0.2, 0) is 44.7 Å². The molecule has 4 N–H and O–H groups in total. The van der Waals surface area contributed by atoms with E-state index in [4.69, 9.17) is 37.2 Å². The van der Waals surface area contributed by atoms with Gasteiger partial charge >= 0.3 is 26.0 Å². The smallest absolute Gasteiger partial charge is 0.480 e. The van der Waals surface area contributed by atoms with Gasteiger partial charge in [0.05, 0.1) is 22.2 Å². The Hall–Kier alpha value is -6.85. The van der Waals surface area contributed by atoms with Gasteiger partial charge in [0.2, 0.25) is 17.7 Å². The van der Waals surface area contributed by atoms with E-state index < -0.39 is 48.8 Å². The number of unbranched alkanes of at least 4 members (excludes halogenated alkanes) is 2. The van der Waals surface area contributed by atoms with Crippen molar-refractivity contribution in [3.8, 4) is 11.5 Å². The van der Waals surface area contributed by atoms with Gasteiger partial charge in [-0.15, -0.1) is 23.2 Å². The van der Waals surface area contributed by atoms with Crippen molar-refractivity contribution < 1.29 is 71.8 Å². The van der Waals surface area contributed by atoms with Crippen molar-refractivity contribution in [1.82, 2.24) is 20.0 Å². The van der Waals surface area contributed by atoms with Crippen molar-refractivity contribution in [2.75, 3.05) is 74.1 Å². The summed E-state index contributed by atoms with van der Waals surface area (Å²) in [7, 11) is 0.690. The molecule has 21 nitrogen and oxygen atoms in total. The van der Waals surface area contributed by atoms with Gasteiger partial charge in [-0.2, -0.15) is 0 Å². The number of rotatable bonds is 24. The Morgan fingerprint density at radius 3 is 1.78 bits per heavy atom. The minimum Gasteiger partial charge on any atom is -0.480 e. The highest BCUT2D eigenvalue weighted by Crippen LogP contribution is 2.75. The fourth-order valence-electron chi connectivity index (χ4n) is 12.1. The number of carbonyl (C=O) groups excluding carboxylic acids is 7. The van der Waals surface area contributed by atoms with Gasteiger partial charge in [0.1, 0.15) is 24.1 Å². The summed E-state index contributed by atoms with van der Waals surface area (Å²) in [4.78, 5) is 132. The summed E-state index contributed by atoms with van der Waals surface area (Å²) >= 11 is 13.1. The van der Waals surface area contributed by atoms with Gasteiger partial charge in [-0.25, -0.2) is 18.9 Å². The molecule has 3 aliphatic heterocycles. The first kappa shape index (κ1) is 61.2. The van der Waals surface area contributed by atoms with E-state index in [0.29, 0.717) is 71.6 Å². The lowest BCUT2D eigenvalue weighted by Crippen LogP contribution is -2.73.